The van der Waals surface area contributed by atoms with E-state index in [4.69, 9.17) is 14.6 Å². The van der Waals surface area contributed by atoms with E-state index in [9.17, 15) is 35.9 Å². The van der Waals surface area contributed by atoms with Crippen molar-refractivity contribution >= 4 is 17.5 Å². The minimum atomic E-state index is -5.16. The SMILES string of the molecule is [2H]C([2H])([2H])Oc1cc(OC(F)(F)F)ccc1Oc1cc(C)cc(C(F)(F)F)c1C(=O)Nc1ccnc(C(N)=O)c1. The zero-order chi connectivity index (χ0) is 30.0. The Balaban J connectivity index is 2.14. The fourth-order valence-corrected chi connectivity index (χ4v) is 3.10. The number of nitrogens with zero attached hydrogens (tertiary/aromatic N) is 1. The Morgan fingerprint density at radius 2 is 1.73 bits per heavy atom. The van der Waals surface area contributed by atoms with Crippen molar-refractivity contribution in [2.75, 3.05) is 12.4 Å². The minimum absolute atomic E-state index is 0.0471. The molecule has 1 heterocycles. The molecule has 0 aliphatic rings. The highest BCUT2D eigenvalue weighted by atomic mass is 19.4. The summed E-state index contributed by atoms with van der Waals surface area (Å²) in [4.78, 5) is 28.1. The summed E-state index contributed by atoms with van der Waals surface area (Å²) in [6.45, 7) is 1.24. The number of aryl methyl sites for hydroxylation is 1. The predicted octanol–water partition coefficient (Wildman–Crippen LogP) is 5.46. The maximum Gasteiger partial charge on any atom is 0.573 e. The highest BCUT2D eigenvalue weighted by Crippen LogP contribution is 2.42. The Labute approximate surface area is 209 Å². The summed E-state index contributed by atoms with van der Waals surface area (Å²) >= 11 is 0. The third-order valence-corrected chi connectivity index (χ3v) is 4.53. The number of aromatic nitrogens is 1. The van der Waals surface area contributed by atoms with Crippen LogP contribution in [0.2, 0.25) is 0 Å². The van der Waals surface area contributed by atoms with Crippen molar-refractivity contribution in [2.24, 2.45) is 5.73 Å². The van der Waals surface area contributed by atoms with E-state index in [-0.39, 0.29) is 16.9 Å². The third-order valence-electron chi connectivity index (χ3n) is 4.53. The number of nitrogens with one attached hydrogen (secondary N) is 1. The lowest BCUT2D eigenvalue weighted by atomic mass is 10.0. The monoisotopic (exact) mass is 532 g/mol. The summed E-state index contributed by atoms with van der Waals surface area (Å²) in [5, 5.41) is 2.17. The van der Waals surface area contributed by atoms with E-state index in [2.05, 4.69) is 19.8 Å². The van der Waals surface area contributed by atoms with E-state index in [0.29, 0.717) is 18.2 Å². The number of alkyl halides is 6. The summed E-state index contributed by atoms with van der Waals surface area (Å²) in [6.07, 6.45) is -9.20. The maximum atomic E-state index is 14.0. The number of hydrogen-bond acceptors (Lipinski definition) is 6. The number of rotatable bonds is 7. The van der Waals surface area contributed by atoms with Crippen LogP contribution < -0.4 is 25.3 Å². The molecule has 0 spiro atoms. The third kappa shape index (κ3) is 6.80. The molecule has 3 rings (SSSR count). The molecule has 0 atom stereocenters. The molecule has 1 aromatic heterocycles. The van der Waals surface area contributed by atoms with E-state index in [1.807, 2.05) is 0 Å². The zero-order valence-electron chi connectivity index (χ0n) is 21.5. The number of halogens is 6. The fraction of sp³-hybridized carbons (Fsp3) is 0.174. The lowest BCUT2D eigenvalue weighted by molar-refractivity contribution is -0.274. The van der Waals surface area contributed by atoms with Gasteiger partial charge in [-0.2, -0.15) is 13.2 Å². The second kappa shape index (κ2) is 10.2. The van der Waals surface area contributed by atoms with Crippen molar-refractivity contribution in [3.05, 3.63) is 71.0 Å². The fourth-order valence-electron chi connectivity index (χ4n) is 3.10. The topological polar surface area (TPSA) is 113 Å². The molecule has 0 bridgehead atoms. The normalized spacial score (nSPS) is 13.1. The number of ether oxygens (including phenoxy) is 3. The molecule has 0 saturated heterocycles. The second-order valence-corrected chi connectivity index (χ2v) is 7.29. The molecule has 0 aliphatic heterocycles. The van der Waals surface area contributed by atoms with Crippen LogP contribution in [0, 0.1) is 6.92 Å². The van der Waals surface area contributed by atoms with Crippen LogP contribution >= 0.6 is 0 Å². The number of amides is 2. The van der Waals surface area contributed by atoms with Crippen molar-refractivity contribution in [3.63, 3.8) is 0 Å². The van der Waals surface area contributed by atoms with Gasteiger partial charge in [-0.15, -0.1) is 13.2 Å². The van der Waals surface area contributed by atoms with Crippen LogP contribution in [-0.2, 0) is 6.18 Å². The highest BCUT2D eigenvalue weighted by Gasteiger charge is 2.38. The van der Waals surface area contributed by atoms with E-state index >= 15 is 0 Å². The van der Waals surface area contributed by atoms with Crippen LogP contribution in [0.5, 0.6) is 23.0 Å². The van der Waals surface area contributed by atoms with Crippen LogP contribution in [0.15, 0.2) is 48.7 Å². The van der Waals surface area contributed by atoms with E-state index in [0.717, 1.165) is 30.5 Å². The number of methoxy groups -OCH3 is 1. The van der Waals surface area contributed by atoms with Gasteiger partial charge < -0.3 is 25.3 Å². The van der Waals surface area contributed by atoms with E-state index in [1.165, 1.54) is 6.92 Å². The average Bonchev–Trinajstić information content (AvgIpc) is 2.78. The summed E-state index contributed by atoms with van der Waals surface area (Å²) < 4.78 is 116. The van der Waals surface area contributed by atoms with Crippen LogP contribution in [0.1, 0.15) is 36.1 Å². The summed E-state index contributed by atoms with van der Waals surface area (Å²) in [7, 11) is -3.22. The molecule has 0 unspecified atom stereocenters. The molecular formula is C23H17F6N3O5. The Morgan fingerprint density at radius 1 is 1.00 bits per heavy atom. The van der Waals surface area contributed by atoms with Gasteiger partial charge in [0.2, 0.25) is 0 Å². The Morgan fingerprint density at radius 3 is 2.35 bits per heavy atom. The van der Waals surface area contributed by atoms with Gasteiger partial charge in [0.15, 0.2) is 11.5 Å². The van der Waals surface area contributed by atoms with Gasteiger partial charge in [0, 0.05) is 18.0 Å². The number of hydrogen-bond donors (Lipinski definition) is 2. The molecule has 2 aromatic carbocycles. The molecule has 3 N–H and O–H groups in total. The second-order valence-electron chi connectivity index (χ2n) is 7.29. The van der Waals surface area contributed by atoms with Crippen molar-refractivity contribution in [1.29, 1.82) is 0 Å². The van der Waals surface area contributed by atoms with Gasteiger partial charge in [-0.05, 0) is 48.9 Å². The number of anilines is 1. The molecule has 2 amide bonds. The van der Waals surface area contributed by atoms with Crippen LogP contribution in [0.4, 0.5) is 32.0 Å². The lowest BCUT2D eigenvalue weighted by Crippen LogP contribution is -2.21. The molecule has 14 heteroatoms. The van der Waals surface area contributed by atoms with Crippen LogP contribution in [0.25, 0.3) is 0 Å². The smallest absolute Gasteiger partial charge is 0.493 e. The standard InChI is InChI=1S/C23H17F6N3O5/c1-11-7-14(22(24,25)26)19(21(34)32-12-5-6-31-15(9-12)20(30)33)18(8-11)36-16-4-3-13(10-17(16)35-2)37-23(27,28)29/h3-10H,1-2H3,(H2,30,33)(H,31,32,34)/i2D3. The Hall–Kier alpha value is -4.49. The molecule has 0 fully saturated rings. The first kappa shape index (κ1) is 22.9. The van der Waals surface area contributed by atoms with Gasteiger partial charge in [0.25, 0.3) is 11.8 Å². The molecule has 3 aromatic rings. The predicted molar refractivity (Wildman–Crippen MR) is 117 cm³/mol. The van der Waals surface area contributed by atoms with Crippen LogP contribution in [0.3, 0.4) is 0 Å². The Bertz CT molecular complexity index is 1450. The van der Waals surface area contributed by atoms with E-state index in [1.54, 1.807) is 0 Å². The largest absolute Gasteiger partial charge is 0.573 e. The first-order valence-electron chi connectivity index (χ1n) is 11.4. The maximum absolute atomic E-state index is 14.0. The number of pyridine rings is 1. The molecule has 0 aliphatic carbocycles. The summed E-state index contributed by atoms with van der Waals surface area (Å²) in [5.41, 5.74) is 2.08. The molecular weight excluding hydrogens is 512 g/mol. The molecule has 196 valence electrons. The first-order chi connectivity index (χ1) is 18.3. The number of carbonyl (C=O) groups is 2. The molecule has 37 heavy (non-hydrogen) atoms. The van der Waals surface area contributed by atoms with Gasteiger partial charge in [-0.25, -0.2) is 0 Å². The molecule has 0 saturated carbocycles. The van der Waals surface area contributed by atoms with Crippen LogP contribution in [-0.4, -0.2) is 30.2 Å². The van der Waals surface area contributed by atoms with Gasteiger partial charge in [-0.3, -0.25) is 14.6 Å². The van der Waals surface area contributed by atoms with Gasteiger partial charge in [0.05, 0.1) is 22.3 Å². The zero-order valence-corrected chi connectivity index (χ0v) is 18.5. The van der Waals surface area contributed by atoms with Gasteiger partial charge in [0.1, 0.15) is 17.2 Å². The summed E-state index contributed by atoms with van der Waals surface area (Å²) in [5.74, 6) is -5.54. The number of primary amides is 1. The van der Waals surface area contributed by atoms with Gasteiger partial charge in [-0.1, -0.05) is 0 Å². The minimum Gasteiger partial charge on any atom is -0.493 e. The number of carbonyl (C=O) groups excluding carboxylic acids is 2. The molecule has 8 nitrogen and oxygen atoms in total. The number of nitrogens with two attached hydrogens (primary N) is 1. The first-order valence-corrected chi connectivity index (χ1v) is 9.88. The lowest BCUT2D eigenvalue weighted by Gasteiger charge is -2.19. The van der Waals surface area contributed by atoms with Crippen molar-refractivity contribution in [2.45, 2.75) is 19.5 Å². The quantitative estimate of drug-likeness (QED) is 0.391. The summed E-state index contributed by atoms with van der Waals surface area (Å²) in [6, 6.07) is 5.75. The van der Waals surface area contributed by atoms with Crippen molar-refractivity contribution in [1.82, 2.24) is 4.98 Å². The van der Waals surface area contributed by atoms with E-state index < -0.39 is 65.5 Å². The van der Waals surface area contributed by atoms with Crippen molar-refractivity contribution < 1.29 is 54.3 Å². The van der Waals surface area contributed by atoms with Gasteiger partial charge >= 0.3 is 12.5 Å². The number of benzene rings is 2. The highest BCUT2D eigenvalue weighted by molar-refractivity contribution is 6.08. The average molecular weight is 532 g/mol. The molecule has 0 radical (unpaired) electrons. The van der Waals surface area contributed by atoms with Crippen molar-refractivity contribution in [3.8, 4) is 23.0 Å². The Kier molecular flexibility index (Phi) is 6.35.